The van der Waals surface area contributed by atoms with Crippen LogP contribution in [-0.2, 0) is 18.4 Å². The van der Waals surface area contributed by atoms with Gasteiger partial charge in [0.05, 0.1) is 37.9 Å². The van der Waals surface area contributed by atoms with Crippen molar-refractivity contribution in [3.8, 4) is 0 Å². The SMILES string of the molecule is CCCCC/C=C\C/C=C\CCCCCCCC(O)CC(=O)NC(COP(=O)(O)OCCN)C(O)/C=C/CCCCCCCCCCCCCCCCCCCCC. The first-order valence-electron chi connectivity index (χ1n) is 24.2. The van der Waals surface area contributed by atoms with Crippen molar-refractivity contribution >= 4 is 13.7 Å². The summed E-state index contributed by atoms with van der Waals surface area (Å²) < 4.78 is 22.1. The molecule has 342 valence electrons. The van der Waals surface area contributed by atoms with E-state index in [1.165, 1.54) is 135 Å². The Labute approximate surface area is 357 Å². The molecule has 0 bridgehead atoms. The minimum absolute atomic E-state index is 0.0471. The van der Waals surface area contributed by atoms with Gasteiger partial charge in [-0.15, -0.1) is 0 Å². The van der Waals surface area contributed by atoms with Crippen molar-refractivity contribution in [1.29, 1.82) is 0 Å². The van der Waals surface area contributed by atoms with Crippen molar-refractivity contribution < 1.29 is 33.5 Å². The molecule has 0 aromatic heterocycles. The van der Waals surface area contributed by atoms with Crippen LogP contribution < -0.4 is 11.1 Å². The second kappa shape index (κ2) is 43.8. The lowest BCUT2D eigenvalue weighted by Gasteiger charge is -2.24. The molecule has 4 unspecified atom stereocenters. The fraction of sp³-hybridized carbons (Fsp3) is 0.854. The predicted octanol–water partition coefficient (Wildman–Crippen LogP) is 12.9. The van der Waals surface area contributed by atoms with Crippen LogP contribution in [0.5, 0.6) is 0 Å². The molecule has 0 heterocycles. The van der Waals surface area contributed by atoms with Crippen LogP contribution >= 0.6 is 7.82 Å². The van der Waals surface area contributed by atoms with Crippen molar-refractivity contribution in [1.82, 2.24) is 5.32 Å². The first-order chi connectivity index (χ1) is 28.3. The molecule has 0 saturated heterocycles. The minimum atomic E-state index is -4.41. The number of rotatable bonds is 45. The molecule has 0 aromatic carbocycles. The lowest BCUT2D eigenvalue weighted by atomic mass is 10.0. The topological polar surface area (TPSA) is 151 Å². The number of aliphatic hydroxyl groups is 2. The van der Waals surface area contributed by atoms with Crippen molar-refractivity contribution in [3.63, 3.8) is 0 Å². The Morgan fingerprint density at radius 3 is 1.50 bits per heavy atom. The van der Waals surface area contributed by atoms with E-state index in [0.717, 1.165) is 64.2 Å². The molecule has 6 N–H and O–H groups in total. The molecule has 58 heavy (non-hydrogen) atoms. The summed E-state index contributed by atoms with van der Waals surface area (Å²) in [7, 11) is -4.41. The van der Waals surface area contributed by atoms with Gasteiger partial charge in [-0.3, -0.25) is 13.8 Å². The molecule has 0 aliphatic rings. The van der Waals surface area contributed by atoms with E-state index in [-0.39, 0.29) is 19.6 Å². The Kier molecular flexibility index (Phi) is 42.8. The molecule has 0 radical (unpaired) electrons. The van der Waals surface area contributed by atoms with Crippen molar-refractivity contribution in [2.45, 2.75) is 244 Å². The minimum Gasteiger partial charge on any atom is -0.393 e. The van der Waals surface area contributed by atoms with Crippen LogP contribution in [0.4, 0.5) is 0 Å². The van der Waals surface area contributed by atoms with Crippen LogP contribution in [0.25, 0.3) is 0 Å². The lowest BCUT2D eigenvalue weighted by Crippen LogP contribution is -2.46. The van der Waals surface area contributed by atoms with E-state index in [0.29, 0.717) is 6.42 Å². The average Bonchev–Trinajstić information content (AvgIpc) is 3.20. The monoisotopic (exact) mass is 841 g/mol. The number of hydrogen-bond acceptors (Lipinski definition) is 7. The molecular weight excluding hydrogens is 748 g/mol. The smallest absolute Gasteiger partial charge is 0.393 e. The number of nitrogens with two attached hydrogens (primary N) is 1. The zero-order valence-corrected chi connectivity index (χ0v) is 38.5. The molecule has 0 aliphatic heterocycles. The van der Waals surface area contributed by atoms with E-state index in [1.54, 1.807) is 6.08 Å². The predicted molar refractivity (Wildman–Crippen MR) is 246 cm³/mol. The normalized spacial score (nSPS) is 14.8. The summed E-state index contributed by atoms with van der Waals surface area (Å²) in [5, 5.41) is 24.1. The van der Waals surface area contributed by atoms with Gasteiger partial charge in [-0.05, 0) is 51.4 Å². The number of unbranched alkanes of at least 4 members (excludes halogenated alkanes) is 27. The highest BCUT2D eigenvalue weighted by Crippen LogP contribution is 2.43. The number of phosphoric acid groups is 1. The molecule has 4 atom stereocenters. The van der Waals surface area contributed by atoms with E-state index in [1.807, 2.05) is 6.08 Å². The van der Waals surface area contributed by atoms with Crippen LogP contribution in [-0.4, -0.2) is 59.0 Å². The third kappa shape index (κ3) is 41.4. The third-order valence-corrected chi connectivity index (χ3v) is 11.7. The number of hydrogen-bond donors (Lipinski definition) is 5. The molecule has 9 nitrogen and oxygen atoms in total. The average molecular weight is 841 g/mol. The standard InChI is InChI=1S/C48H93N2O7P/c1-3-5-7-9-11-13-15-17-19-20-21-22-23-24-26-28-30-32-34-36-38-40-47(52)46(44-57-58(54,55)56-42-41-49)50-48(53)43-45(51)39-37-35-33-31-29-27-25-18-16-14-12-10-8-6-4-2/h12,14,18,25,38,40,45-47,51-52H,3-11,13,15-17,19-24,26-37,39,41-44,49H2,1-2H3,(H,50,53)(H,54,55)/b14-12-,25-18-,40-38+. The third-order valence-electron chi connectivity index (χ3n) is 10.8. The maximum Gasteiger partial charge on any atom is 0.472 e. The Bertz CT molecular complexity index is 1020. The van der Waals surface area contributed by atoms with Crippen LogP contribution in [0.2, 0.25) is 0 Å². The fourth-order valence-corrected chi connectivity index (χ4v) is 7.85. The molecule has 0 aliphatic carbocycles. The van der Waals surface area contributed by atoms with Crippen LogP contribution in [0.15, 0.2) is 36.5 Å². The first kappa shape index (κ1) is 56.7. The number of phosphoric ester groups is 1. The summed E-state index contributed by atoms with van der Waals surface area (Å²) >= 11 is 0. The Balaban J connectivity index is 4.25. The second-order valence-corrected chi connectivity index (χ2v) is 18.0. The van der Waals surface area contributed by atoms with Gasteiger partial charge >= 0.3 is 7.82 Å². The summed E-state index contributed by atoms with van der Waals surface area (Å²) in [6.45, 7) is 3.96. The van der Waals surface area contributed by atoms with Gasteiger partial charge in [0.25, 0.3) is 0 Å². The van der Waals surface area contributed by atoms with Gasteiger partial charge in [0.2, 0.25) is 5.91 Å². The maximum atomic E-state index is 12.8. The molecule has 10 heteroatoms. The molecule has 0 aromatic rings. The number of amides is 1. The molecule has 0 rings (SSSR count). The summed E-state index contributed by atoms with van der Waals surface area (Å²) in [5.41, 5.74) is 5.37. The van der Waals surface area contributed by atoms with Gasteiger partial charge in [0.15, 0.2) is 0 Å². The summed E-state index contributed by atoms with van der Waals surface area (Å²) in [6.07, 6.45) is 49.4. The van der Waals surface area contributed by atoms with E-state index in [4.69, 9.17) is 14.8 Å². The Morgan fingerprint density at radius 2 is 1.02 bits per heavy atom. The highest BCUT2D eigenvalue weighted by molar-refractivity contribution is 7.47. The van der Waals surface area contributed by atoms with Crippen molar-refractivity contribution in [2.24, 2.45) is 5.73 Å². The van der Waals surface area contributed by atoms with Crippen LogP contribution in [0.1, 0.15) is 226 Å². The molecule has 0 spiro atoms. The molecule has 0 saturated carbocycles. The van der Waals surface area contributed by atoms with Gasteiger partial charge in [-0.25, -0.2) is 4.57 Å². The van der Waals surface area contributed by atoms with E-state index >= 15 is 0 Å². The number of carbonyl (C=O) groups excluding carboxylic acids is 1. The summed E-state index contributed by atoms with van der Waals surface area (Å²) in [4.78, 5) is 22.8. The van der Waals surface area contributed by atoms with E-state index in [2.05, 4.69) is 43.5 Å². The highest BCUT2D eigenvalue weighted by atomic mass is 31.2. The summed E-state index contributed by atoms with van der Waals surface area (Å²) in [6, 6.07) is -0.987. The van der Waals surface area contributed by atoms with Crippen molar-refractivity contribution in [2.75, 3.05) is 19.8 Å². The largest absolute Gasteiger partial charge is 0.472 e. The number of carbonyl (C=O) groups is 1. The van der Waals surface area contributed by atoms with E-state index in [9.17, 15) is 24.5 Å². The van der Waals surface area contributed by atoms with Gasteiger partial charge in [-0.2, -0.15) is 0 Å². The Morgan fingerprint density at radius 1 is 0.603 bits per heavy atom. The molecule has 1 amide bonds. The van der Waals surface area contributed by atoms with Gasteiger partial charge in [0.1, 0.15) is 0 Å². The highest BCUT2D eigenvalue weighted by Gasteiger charge is 2.27. The zero-order valence-electron chi connectivity index (χ0n) is 37.7. The van der Waals surface area contributed by atoms with Gasteiger partial charge in [0, 0.05) is 6.54 Å². The number of aliphatic hydroxyl groups excluding tert-OH is 2. The lowest BCUT2D eigenvalue weighted by molar-refractivity contribution is -0.124. The molecular formula is C48H93N2O7P. The van der Waals surface area contributed by atoms with Gasteiger partial charge in [-0.1, -0.05) is 204 Å². The van der Waals surface area contributed by atoms with Crippen LogP contribution in [0.3, 0.4) is 0 Å². The van der Waals surface area contributed by atoms with Crippen molar-refractivity contribution in [3.05, 3.63) is 36.5 Å². The fourth-order valence-electron chi connectivity index (χ4n) is 7.09. The number of nitrogens with one attached hydrogen (secondary N) is 1. The zero-order chi connectivity index (χ0) is 42.6. The Hall–Kier alpha value is -1.32. The van der Waals surface area contributed by atoms with E-state index < -0.39 is 38.6 Å². The molecule has 0 fully saturated rings. The van der Waals surface area contributed by atoms with Gasteiger partial charge < -0.3 is 26.2 Å². The maximum absolute atomic E-state index is 12.8. The second-order valence-electron chi connectivity index (χ2n) is 16.5. The summed E-state index contributed by atoms with van der Waals surface area (Å²) in [5.74, 6) is -0.453. The van der Waals surface area contributed by atoms with Crippen LogP contribution in [0, 0.1) is 0 Å². The quantitative estimate of drug-likeness (QED) is 0.0231. The number of allylic oxidation sites excluding steroid dienone is 5. The first-order valence-corrected chi connectivity index (χ1v) is 25.7.